The van der Waals surface area contributed by atoms with Crippen molar-refractivity contribution in [2.75, 3.05) is 44.8 Å². The van der Waals surface area contributed by atoms with E-state index in [4.69, 9.17) is 26.2 Å². The van der Waals surface area contributed by atoms with Gasteiger partial charge in [-0.3, -0.25) is 9.89 Å². The Kier molecular flexibility index (Phi) is 8.77. The molecule has 0 aliphatic carbocycles. The van der Waals surface area contributed by atoms with Crippen molar-refractivity contribution >= 4 is 29.2 Å². The Labute approximate surface area is 213 Å². The number of H-pyrrole nitrogens is 1. The molecule has 3 amide bonds. The average Bonchev–Trinajstić information content (AvgIpc) is 3.44. The number of ether oxygens (including phenoxy) is 2. The zero-order chi connectivity index (χ0) is 25.3. The van der Waals surface area contributed by atoms with Gasteiger partial charge in [-0.2, -0.15) is 5.10 Å². The van der Waals surface area contributed by atoms with Crippen LogP contribution in [0.25, 0.3) is 11.1 Å². The van der Waals surface area contributed by atoms with Crippen LogP contribution in [0, 0.1) is 0 Å². The number of halogens is 1. The van der Waals surface area contributed by atoms with E-state index < -0.39 is 12.1 Å². The van der Waals surface area contributed by atoms with Crippen LogP contribution >= 0.6 is 11.6 Å². The summed E-state index contributed by atoms with van der Waals surface area (Å²) in [6, 6.07) is 10.6. The number of aromatic nitrogens is 2. The molecule has 10 nitrogen and oxygen atoms in total. The Morgan fingerprint density at radius 1 is 1.17 bits per heavy atom. The van der Waals surface area contributed by atoms with Crippen LogP contribution in [-0.4, -0.2) is 71.7 Å². The molecule has 0 bridgehead atoms. The van der Waals surface area contributed by atoms with Crippen molar-refractivity contribution in [3.63, 3.8) is 0 Å². The summed E-state index contributed by atoms with van der Waals surface area (Å²) in [7, 11) is 0. The summed E-state index contributed by atoms with van der Waals surface area (Å²) in [6.07, 6.45) is 3.87. The number of benzene rings is 2. The number of aromatic amines is 1. The van der Waals surface area contributed by atoms with E-state index in [1.165, 1.54) is 0 Å². The van der Waals surface area contributed by atoms with Gasteiger partial charge in [-0.05, 0) is 35.4 Å². The molecule has 4 N–H and O–H groups in total. The molecule has 190 valence electrons. The monoisotopic (exact) mass is 513 g/mol. The first-order valence-corrected chi connectivity index (χ1v) is 12.0. The van der Waals surface area contributed by atoms with Gasteiger partial charge in [0.05, 0.1) is 31.7 Å². The van der Waals surface area contributed by atoms with E-state index in [2.05, 4.69) is 20.8 Å². The molecule has 1 unspecified atom stereocenters. The maximum atomic E-state index is 13.3. The molecule has 1 aliphatic heterocycles. The largest absolute Gasteiger partial charge is 0.491 e. The zero-order valence-corrected chi connectivity index (χ0v) is 20.3. The molecule has 11 heteroatoms. The highest BCUT2D eigenvalue weighted by atomic mass is 35.5. The minimum Gasteiger partial charge on any atom is -0.491 e. The molecule has 2 aromatic carbocycles. The van der Waals surface area contributed by atoms with E-state index in [9.17, 15) is 9.59 Å². The van der Waals surface area contributed by atoms with E-state index in [0.717, 1.165) is 11.1 Å². The molecule has 0 saturated carbocycles. The Balaban J connectivity index is 1.54. The van der Waals surface area contributed by atoms with Gasteiger partial charge < -0.3 is 30.1 Å². The van der Waals surface area contributed by atoms with Crippen LogP contribution in [0.15, 0.2) is 54.9 Å². The maximum absolute atomic E-state index is 13.3. The van der Waals surface area contributed by atoms with Crippen molar-refractivity contribution in [3.8, 4) is 16.9 Å². The first-order chi connectivity index (χ1) is 17.5. The van der Waals surface area contributed by atoms with Crippen molar-refractivity contribution < 1.29 is 24.2 Å². The molecule has 2 heterocycles. The molecule has 36 heavy (non-hydrogen) atoms. The van der Waals surface area contributed by atoms with Crippen molar-refractivity contribution in [1.82, 2.24) is 20.4 Å². The Hall–Kier alpha value is -3.60. The van der Waals surface area contributed by atoms with Crippen LogP contribution in [0.1, 0.15) is 18.0 Å². The first-order valence-electron chi connectivity index (χ1n) is 11.6. The average molecular weight is 514 g/mol. The standard InChI is InChI=1S/C25H28ClN5O5/c26-20-5-2-17(3-6-20)23(24(33)31-8-12-35-13-9-31)30-25(34)29-21-7-4-18(19-15-27-28-16-19)14-22(21)36-11-1-10-32/h2-7,14-16,23,32H,1,8-13H2,(H,27,28)(H2,29,30,34). The maximum Gasteiger partial charge on any atom is 0.320 e. The van der Waals surface area contributed by atoms with Gasteiger partial charge >= 0.3 is 6.03 Å². The minimum atomic E-state index is -0.913. The Morgan fingerprint density at radius 3 is 2.64 bits per heavy atom. The number of carbonyl (C=O) groups excluding carboxylic acids is 2. The molecule has 1 fully saturated rings. The number of hydrogen-bond acceptors (Lipinski definition) is 6. The molecule has 1 saturated heterocycles. The van der Waals surface area contributed by atoms with Gasteiger partial charge in [-0.15, -0.1) is 0 Å². The summed E-state index contributed by atoms with van der Waals surface area (Å²) in [5.41, 5.74) is 2.74. The lowest BCUT2D eigenvalue weighted by Crippen LogP contribution is -2.48. The van der Waals surface area contributed by atoms with Crippen molar-refractivity contribution in [2.24, 2.45) is 0 Å². The van der Waals surface area contributed by atoms with Gasteiger partial charge in [0.2, 0.25) is 5.91 Å². The van der Waals surface area contributed by atoms with Crippen LogP contribution < -0.4 is 15.4 Å². The zero-order valence-electron chi connectivity index (χ0n) is 19.6. The quantitative estimate of drug-likeness (QED) is 0.325. The second kappa shape index (κ2) is 12.4. The van der Waals surface area contributed by atoms with Crippen molar-refractivity contribution in [3.05, 3.63) is 65.4 Å². The highest BCUT2D eigenvalue weighted by Gasteiger charge is 2.29. The van der Waals surface area contributed by atoms with E-state index >= 15 is 0 Å². The molecular formula is C25H28ClN5O5. The summed E-state index contributed by atoms with van der Waals surface area (Å²) in [5, 5.41) is 22.0. The van der Waals surface area contributed by atoms with Gasteiger partial charge in [-0.25, -0.2) is 4.79 Å². The minimum absolute atomic E-state index is 0.0168. The second-order valence-electron chi connectivity index (χ2n) is 8.14. The van der Waals surface area contributed by atoms with E-state index in [0.29, 0.717) is 54.7 Å². The Morgan fingerprint density at radius 2 is 1.94 bits per heavy atom. The number of nitrogens with zero attached hydrogens (tertiary/aromatic N) is 2. The fourth-order valence-corrected chi connectivity index (χ4v) is 3.90. The van der Waals surface area contributed by atoms with Gasteiger partial charge in [0, 0.05) is 42.9 Å². The number of aliphatic hydroxyl groups excluding tert-OH is 1. The van der Waals surface area contributed by atoms with E-state index in [1.54, 1.807) is 53.7 Å². The number of nitrogens with one attached hydrogen (secondary N) is 3. The third kappa shape index (κ3) is 6.54. The predicted molar refractivity (Wildman–Crippen MR) is 135 cm³/mol. The van der Waals surface area contributed by atoms with E-state index in [-0.39, 0.29) is 19.1 Å². The molecule has 0 radical (unpaired) electrons. The predicted octanol–water partition coefficient (Wildman–Crippen LogP) is 3.21. The normalized spacial score (nSPS) is 14.2. The number of hydrogen-bond donors (Lipinski definition) is 4. The molecule has 1 aliphatic rings. The summed E-state index contributed by atoms with van der Waals surface area (Å²) in [4.78, 5) is 28.1. The number of aliphatic hydroxyl groups is 1. The lowest BCUT2D eigenvalue weighted by atomic mass is 10.1. The SMILES string of the molecule is O=C(Nc1ccc(-c2cn[nH]c2)cc1OCCCO)NC(C(=O)N1CCOCC1)c1ccc(Cl)cc1. The number of amides is 3. The molecule has 1 aromatic heterocycles. The van der Waals surface area contributed by atoms with Crippen molar-refractivity contribution in [2.45, 2.75) is 12.5 Å². The number of anilines is 1. The number of rotatable bonds is 9. The summed E-state index contributed by atoms with van der Waals surface area (Å²) >= 11 is 6.03. The van der Waals surface area contributed by atoms with Crippen LogP contribution in [0.2, 0.25) is 5.02 Å². The molecule has 1 atom stereocenters. The van der Waals surface area contributed by atoms with Gasteiger partial charge in [0.1, 0.15) is 11.8 Å². The van der Waals surface area contributed by atoms with Gasteiger partial charge in [0.25, 0.3) is 0 Å². The fourth-order valence-electron chi connectivity index (χ4n) is 3.78. The second-order valence-corrected chi connectivity index (χ2v) is 8.58. The molecule has 3 aromatic rings. The van der Waals surface area contributed by atoms with Gasteiger partial charge in [-0.1, -0.05) is 29.8 Å². The first kappa shape index (κ1) is 25.5. The Bertz CT molecular complexity index is 1150. The molecule has 0 spiro atoms. The lowest BCUT2D eigenvalue weighted by molar-refractivity contribution is -0.137. The third-order valence-electron chi connectivity index (χ3n) is 5.67. The molecule has 4 rings (SSSR count). The number of morpholine rings is 1. The van der Waals surface area contributed by atoms with Crippen LogP contribution in [0.4, 0.5) is 10.5 Å². The molecular weight excluding hydrogens is 486 g/mol. The highest BCUT2D eigenvalue weighted by molar-refractivity contribution is 6.30. The summed E-state index contributed by atoms with van der Waals surface area (Å²) in [5.74, 6) is 0.199. The summed E-state index contributed by atoms with van der Waals surface area (Å²) in [6.45, 7) is 2.04. The van der Waals surface area contributed by atoms with Crippen molar-refractivity contribution in [1.29, 1.82) is 0 Å². The van der Waals surface area contributed by atoms with Crippen LogP contribution in [0.5, 0.6) is 5.75 Å². The van der Waals surface area contributed by atoms with Crippen LogP contribution in [-0.2, 0) is 9.53 Å². The lowest BCUT2D eigenvalue weighted by Gasteiger charge is -2.31. The fraction of sp³-hybridized carbons (Fsp3) is 0.320. The van der Waals surface area contributed by atoms with Crippen LogP contribution in [0.3, 0.4) is 0 Å². The third-order valence-corrected chi connectivity index (χ3v) is 5.92. The number of carbonyl (C=O) groups is 2. The smallest absolute Gasteiger partial charge is 0.320 e. The highest BCUT2D eigenvalue weighted by Crippen LogP contribution is 2.31. The van der Waals surface area contributed by atoms with E-state index in [1.807, 2.05) is 6.07 Å². The summed E-state index contributed by atoms with van der Waals surface area (Å²) < 4.78 is 11.2. The topological polar surface area (TPSA) is 129 Å². The van der Waals surface area contributed by atoms with Gasteiger partial charge in [0.15, 0.2) is 0 Å². The number of urea groups is 1.